The van der Waals surface area contributed by atoms with Gasteiger partial charge in [0.25, 0.3) is 0 Å². The predicted octanol–water partition coefficient (Wildman–Crippen LogP) is 0.770. The van der Waals surface area contributed by atoms with Crippen molar-refractivity contribution in [2.75, 3.05) is 19.8 Å². The average molecular weight is 206 g/mol. The van der Waals surface area contributed by atoms with E-state index in [-0.39, 0.29) is 5.25 Å². The van der Waals surface area contributed by atoms with Gasteiger partial charge in [0.05, 0.1) is 6.61 Å². The van der Waals surface area contributed by atoms with E-state index < -0.39 is 6.03 Å². The van der Waals surface area contributed by atoms with Gasteiger partial charge in [0.1, 0.15) is 0 Å². The van der Waals surface area contributed by atoms with Gasteiger partial charge in [-0.05, 0) is 6.42 Å². The van der Waals surface area contributed by atoms with Gasteiger partial charge in [-0.25, -0.2) is 4.79 Å². The Morgan fingerprint density at radius 3 is 2.92 bits per heavy atom. The number of nitrogens with one attached hydrogen (secondary N) is 1. The van der Waals surface area contributed by atoms with Crippen molar-refractivity contribution in [2.45, 2.75) is 25.0 Å². The Labute approximate surface area is 84.6 Å². The minimum absolute atomic E-state index is 0.0179. The minimum atomic E-state index is -0.521. The molecule has 1 unspecified atom stereocenters. The highest BCUT2D eigenvalue weighted by Gasteiger charge is 2.03. The van der Waals surface area contributed by atoms with Gasteiger partial charge in [-0.1, -0.05) is 13.3 Å². The molecule has 13 heavy (non-hydrogen) atoms. The van der Waals surface area contributed by atoms with E-state index in [1.165, 1.54) is 0 Å². The number of hydrogen-bond acceptors (Lipinski definition) is 3. The second-order valence-corrected chi connectivity index (χ2v) is 3.56. The summed E-state index contributed by atoms with van der Waals surface area (Å²) in [6, 6.07) is -0.521. The maximum Gasteiger partial charge on any atom is 0.312 e. The Balaban J connectivity index is 3.19. The molecule has 0 aliphatic heterocycles. The van der Waals surface area contributed by atoms with Crippen LogP contribution in [0, 0.1) is 0 Å². The summed E-state index contributed by atoms with van der Waals surface area (Å²) in [5.41, 5.74) is 4.89. The number of rotatable bonds is 7. The molecule has 0 aromatic carbocycles. The maximum atomic E-state index is 10.3. The zero-order chi connectivity index (χ0) is 10.1. The predicted molar refractivity (Wildman–Crippen MR) is 56.1 cm³/mol. The number of ether oxygens (including phenoxy) is 1. The molecule has 0 aromatic heterocycles. The third-order valence-electron chi connectivity index (χ3n) is 1.46. The van der Waals surface area contributed by atoms with Crippen LogP contribution in [0.5, 0.6) is 0 Å². The fourth-order valence-corrected chi connectivity index (χ4v) is 0.940. The Kier molecular flexibility index (Phi) is 7.93. The fourth-order valence-electron chi connectivity index (χ4n) is 0.743. The van der Waals surface area contributed by atoms with Crippen LogP contribution in [0.3, 0.4) is 0 Å². The summed E-state index contributed by atoms with van der Waals surface area (Å²) in [4.78, 5) is 10.3. The minimum Gasteiger partial charge on any atom is -0.380 e. The summed E-state index contributed by atoms with van der Waals surface area (Å²) < 4.78 is 5.30. The average Bonchev–Trinajstić information content (AvgIpc) is 2.09. The van der Waals surface area contributed by atoms with Gasteiger partial charge in [-0.3, -0.25) is 0 Å². The van der Waals surface area contributed by atoms with Crippen molar-refractivity contribution in [3.05, 3.63) is 0 Å². The van der Waals surface area contributed by atoms with Crippen LogP contribution < -0.4 is 11.1 Å². The van der Waals surface area contributed by atoms with Crippen molar-refractivity contribution < 1.29 is 9.53 Å². The molecule has 2 amide bonds. The first-order valence-corrected chi connectivity index (χ1v) is 4.97. The van der Waals surface area contributed by atoms with Crippen molar-refractivity contribution >= 4 is 18.7 Å². The lowest BCUT2D eigenvalue weighted by Gasteiger charge is -2.10. The van der Waals surface area contributed by atoms with Crippen LogP contribution in [0.1, 0.15) is 19.8 Å². The summed E-state index contributed by atoms with van der Waals surface area (Å²) in [5, 5.41) is 2.49. The molecular weight excluding hydrogens is 188 g/mol. The molecule has 0 fully saturated rings. The number of nitrogens with two attached hydrogens (primary N) is 1. The maximum absolute atomic E-state index is 10.3. The number of primary amides is 1. The van der Waals surface area contributed by atoms with Gasteiger partial charge in [0, 0.05) is 18.4 Å². The number of unbranched alkanes of at least 4 members (excludes halogenated alkanes) is 1. The number of carbonyl (C=O) groups is 1. The monoisotopic (exact) mass is 206 g/mol. The molecule has 0 rings (SSSR count). The van der Waals surface area contributed by atoms with E-state index in [1.54, 1.807) is 0 Å². The second-order valence-electron chi connectivity index (χ2n) is 2.83. The molecule has 3 N–H and O–H groups in total. The summed E-state index contributed by atoms with van der Waals surface area (Å²) in [6.45, 7) is 3.86. The van der Waals surface area contributed by atoms with E-state index in [1.807, 2.05) is 0 Å². The molecular formula is C8H18N2O2S. The lowest BCUT2D eigenvalue weighted by atomic mass is 10.3. The van der Waals surface area contributed by atoms with Gasteiger partial charge >= 0.3 is 6.03 Å². The van der Waals surface area contributed by atoms with Gasteiger partial charge in [0.15, 0.2) is 0 Å². The van der Waals surface area contributed by atoms with Crippen LogP contribution >= 0.6 is 12.6 Å². The van der Waals surface area contributed by atoms with Crippen molar-refractivity contribution in [1.82, 2.24) is 5.32 Å². The molecule has 0 heterocycles. The van der Waals surface area contributed by atoms with Crippen LogP contribution in [-0.4, -0.2) is 31.0 Å². The quantitative estimate of drug-likeness (QED) is 0.425. The van der Waals surface area contributed by atoms with Crippen LogP contribution in [0.4, 0.5) is 4.79 Å². The zero-order valence-electron chi connectivity index (χ0n) is 7.95. The summed E-state index contributed by atoms with van der Waals surface area (Å²) in [6.07, 6.45) is 2.18. The molecule has 4 nitrogen and oxygen atoms in total. The van der Waals surface area contributed by atoms with E-state index in [0.29, 0.717) is 13.2 Å². The SMILES string of the molecule is CCCCOCC(S)CNC(N)=O. The third-order valence-corrected chi connectivity index (χ3v) is 1.80. The smallest absolute Gasteiger partial charge is 0.312 e. The number of urea groups is 1. The van der Waals surface area contributed by atoms with E-state index in [2.05, 4.69) is 24.9 Å². The Morgan fingerprint density at radius 2 is 2.38 bits per heavy atom. The molecule has 0 bridgehead atoms. The van der Waals surface area contributed by atoms with Crippen LogP contribution in [-0.2, 0) is 4.74 Å². The number of thiol groups is 1. The highest BCUT2D eigenvalue weighted by atomic mass is 32.1. The first kappa shape index (κ1) is 12.6. The Morgan fingerprint density at radius 1 is 1.69 bits per heavy atom. The fraction of sp³-hybridized carbons (Fsp3) is 0.875. The number of amides is 2. The number of hydrogen-bond donors (Lipinski definition) is 3. The van der Waals surface area contributed by atoms with Gasteiger partial charge in [0.2, 0.25) is 0 Å². The molecule has 0 radical (unpaired) electrons. The van der Waals surface area contributed by atoms with Crippen molar-refractivity contribution in [1.29, 1.82) is 0 Å². The van der Waals surface area contributed by atoms with Crippen LogP contribution in [0.2, 0.25) is 0 Å². The largest absolute Gasteiger partial charge is 0.380 e. The van der Waals surface area contributed by atoms with Crippen molar-refractivity contribution in [2.24, 2.45) is 5.73 Å². The molecule has 0 aliphatic rings. The normalized spacial score (nSPS) is 12.5. The summed E-state index contributed by atoms with van der Waals surface area (Å²) >= 11 is 4.21. The Bertz CT molecular complexity index is 144. The van der Waals surface area contributed by atoms with Gasteiger partial charge in [-0.15, -0.1) is 0 Å². The Hall–Kier alpha value is -0.420. The van der Waals surface area contributed by atoms with Gasteiger partial charge < -0.3 is 15.8 Å². The second kappa shape index (κ2) is 8.19. The molecule has 0 spiro atoms. The molecule has 78 valence electrons. The van der Waals surface area contributed by atoms with E-state index >= 15 is 0 Å². The van der Waals surface area contributed by atoms with E-state index in [9.17, 15) is 4.79 Å². The van der Waals surface area contributed by atoms with Crippen molar-refractivity contribution in [3.8, 4) is 0 Å². The molecule has 1 atom stereocenters. The number of carbonyl (C=O) groups excluding carboxylic acids is 1. The zero-order valence-corrected chi connectivity index (χ0v) is 8.85. The molecule has 0 saturated heterocycles. The molecule has 5 heteroatoms. The van der Waals surface area contributed by atoms with Gasteiger partial charge in [-0.2, -0.15) is 12.6 Å². The lowest BCUT2D eigenvalue weighted by molar-refractivity contribution is 0.132. The van der Waals surface area contributed by atoms with Crippen LogP contribution in [0.25, 0.3) is 0 Å². The summed E-state index contributed by atoms with van der Waals surface area (Å²) in [5.74, 6) is 0. The highest BCUT2D eigenvalue weighted by Crippen LogP contribution is 1.96. The highest BCUT2D eigenvalue weighted by molar-refractivity contribution is 7.81. The standard InChI is InChI=1S/C8H18N2O2S/c1-2-3-4-12-6-7(13)5-10-8(9)11/h7,13H,2-6H2,1H3,(H3,9,10,11). The first-order valence-electron chi connectivity index (χ1n) is 4.46. The lowest BCUT2D eigenvalue weighted by Crippen LogP contribution is -2.35. The van der Waals surface area contributed by atoms with E-state index in [0.717, 1.165) is 19.4 Å². The first-order chi connectivity index (χ1) is 6.16. The van der Waals surface area contributed by atoms with Crippen molar-refractivity contribution in [3.63, 3.8) is 0 Å². The molecule has 0 aromatic rings. The topological polar surface area (TPSA) is 64.3 Å². The summed E-state index contributed by atoms with van der Waals surface area (Å²) in [7, 11) is 0. The van der Waals surface area contributed by atoms with Crippen LogP contribution in [0.15, 0.2) is 0 Å². The molecule has 0 saturated carbocycles. The third kappa shape index (κ3) is 9.49. The molecule has 0 aliphatic carbocycles. The van der Waals surface area contributed by atoms with E-state index in [4.69, 9.17) is 10.5 Å².